The molecule has 17 heavy (non-hydrogen) atoms. The van der Waals surface area contributed by atoms with Crippen LogP contribution >= 0.6 is 11.8 Å². The molecule has 0 N–H and O–H groups in total. The molecule has 0 amide bonds. The first-order valence-corrected chi connectivity index (χ1v) is 5.89. The van der Waals surface area contributed by atoms with E-state index in [1.165, 1.54) is 0 Å². The maximum absolute atomic E-state index is 11.7. The maximum Gasteiger partial charge on any atom is 0.266 e. The van der Waals surface area contributed by atoms with Crippen molar-refractivity contribution < 1.29 is 4.73 Å². The van der Waals surface area contributed by atoms with Crippen LogP contribution in [0.3, 0.4) is 0 Å². The van der Waals surface area contributed by atoms with Crippen molar-refractivity contribution >= 4 is 11.8 Å². The van der Waals surface area contributed by atoms with Crippen LogP contribution in [0.25, 0.3) is 11.1 Å². The number of aromatic nitrogens is 1. The van der Waals surface area contributed by atoms with Gasteiger partial charge in [0.1, 0.15) is 5.40 Å². The number of hydrogen-bond acceptors (Lipinski definition) is 3. The van der Waals surface area contributed by atoms with Gasteiger partial charge in [0.05, 0.1) is 11.8 Å². The van der Waals surface area contributed by atoms with Gasteiger partial charge < -0.3 is 5.21 Å². The van der Waals surface area contributed by atoms with Gasteiger partial charge in [-0.15, -0.1) is 0 Å². The van der Waals surface area contributed by atoms with Gasteiger partial charge in [-0.05, 0) is 11.1 Å². The van der Waals surface area contributed by atoms with E-state index < -0.39 is 0 Å². The van der Waals surface area contributed by atoms with E-state index in [9.17, 15) is 5.21 Å². The molecule has 0 radical (unpaired) electrons. The number of thioether (sulfide) groups is 1. The van der Waals surface area contributed by atoms with Crippen LogP contribution in [0.5, 0.6) is 0 Å². The molecular formula is C13H10N2OS. The number of hydrogen-bond donors (Lipinski definition) is 0. The molecule has 0 saturated carbocycles. The van der Waals surface area contributed by atoms with Crippen LogP contribution in [-0.4, -0.2) is 0 Å². The van der Waals surface area contributed by atoms with Gasteiger partial charge in [0.25, 0.3) is 5.03 Å². The average molecular weight is 242 g/mol. The molecule has 4 heteroatoms. The van der Waals surface area contributed by atoms with Crippen molar-refractivity contribution in [1.82, 2.24) is 0 Å². The summed E-state index contributed by atoms with van der Waals surface area (Å²) in [6.45, 7) is 1.74. The lowest BCUT2D eigenvalue weighted by atomic mass is 10.1. The molecule has 1 aromatic carbocycles. The third-order valence-corrected chi connectivity index (χ3v) is 3.01. The fourth-order valence-electron chi connectivity index (χ4n) is 1.61. The van der Waals surface area contributed by atoms with Crippen LogP contribution in [0.1, 0.15) is 5.69 Å². The Morgan fingerprint density at radius 2 is 1.88 bits per heavy atom. The maximum atomic E-state index is 11.7. The first kappa shape index (κ1) is 11.5. The topological polar surface area (TPSA) is 50.7 Å². The van der Waals surface area contributed by atoms with Gasteiger partial charge in [0.15, 0.2) is 5.69 Å². The lowest BCUT2D eigenvalue weighted by Gasteiger charge is -2.07. The number of nitriles is 1. The number of rotatable bonds is 2. The second-order valence-corrected chi connectivity index (χ2v) is 4.38. The van der Waals surface area contributed by atoms with Crippen molar-refractivity contribution in [3.8, 4) is 16.5 Å². The molecule has 1 aromatic heterocycles. The first-order chi connectivity index (χ1) is 8.22. The van der Waals surface area contributed by atoms with E-state index in [1.807, 2.05) is 41.8 Å². The predicted molar refractivity (Wildman–Crippen MR) is 67.0 cm³/mol. The smallest absolute Gasteiger partial charge is 0.266 e. The molecule has 0 fully saturated rings. The van der Waals surface area contributed by atoms with Crippen LogP contribution in [0.4, 0.5) is 0 Å². The Kier molecular flexibility index (Phi) is 3.31. The van der Waals surface area contributed by atoms with Crippen molar-refractivity contribution in [3.05, 3.63) is 53.4 Å². The monoisotopic (exact) mass is 242 g/mol. The Labute approximate surface area is 104 Å². The summed E-state index contributed by atoms with van der Waals surface area (Å²) in [5.74, 6) is 0. The summed E-state index contributed by atoms with van der Waals surface area (Å²) in [4.78, 5) is 0. The second kappa shape index (κ2) is 4.89. The Morgan fingerprint density at radius 3 is 2.53 bits per heavy atom. The van der Waals surface area contributed by atoms with Gasteiger partial charge >= 0.3 is 0 Å². The van der Waals surface area contributed by atoms with Crippen molar-refractivity contribution in [3.63, 3.8) is 0 Å². The van der Waals surface area contributed by atoms with Gasteiger partial charge in [-0.1, -0.05) is 30.3 Å². The molecular weight excluding hydrogens is 232 g/mol. The highest BCUT2D eigenvalue weighted by Gasteiger charge is 2.12. The third-order valence-electron chi connectivity index (χ3n) is 2.42. The molecule has 0 aliphatic carbocycles. The Bertz CT molecular complexity index is 576. The van der Waals surface area contributed by atoms with E-state index in [-0.39, 0.29) is 0 Å². The van der Waals surface area contributed by atoms with Crippen molar-refractivity contribution in [2.45, 2.75) is 11.9 Å². The molecule has 0 bridgehead atoms. The largest absolute Gasteiger partial charge is 0.618 e. The minimum atomic E-state index is 0.409. The van der Waals surface area contributed by atoms with Crippen molar-refractivity contribution in [1.29, 1.82) is 5.26 Å². The van der Waals surface area contributed by atoms with Crippen molar-refractivity contribution in [2.24, 2.45) is 0 Å². The molecule has 0 spiro atoms. The molecule has 2 rings (SSSR count). The third kappa shape index (κ3) is 2.40. The second-order valence-electron chi connectivity index (χ2n) is 3.58. The van der Waals surface area contributed by atoms with Gasteiger partial charge in [-0.2, -0.15) is 9.99 Å². The molecule has 1 heterocycles. The van der Waals surface area contributed by atoms with Gasteiger partial charge in [0, 0.05) is 19.1 Å². The summed E-state index contributed by atoms with van der Waals surface area (Å²) in [5.41, 5.74) is 2.58. The fraction of sp³-hybridized carbons (Fsp3) is 0.0769. The summed E-state index contributed by atoms with van der Waals surface area (Å²) >= 11 is 0.881. The predicted octanol–water partition coefficient (Wildman–Crippen LogP) is 2.87. The van der Waals surface area contributed by atoms with Crippen LogP contribution in [0.15, 0.2) is 47.5 Å². The number of nitrogens with zero attached hydrogens (tertiary/aromatic N) is 2. The molecule has 84 valence electrons. The standard InChI is InChI=1S/C13H10N2OS/c1-10-7-12(11-5-3-2-4-6-11)8-13(15(10)16)17-9-14/h2-8H,1H3. The summed E-state index contributed by atoms with van der Waals surface area (Å²) < 4.78 is 0.778. The van der Waals surface area contributed by atoms with Crippen LogP contribution < -0.4 is 4.73 Å². The lowest BCUT2D eigenvalue weighted by Crippen LogP contribution is -2.32. The normalized spacial score (nSPS) is 9.88. The van der Waals surface area contributed by atoms with Crippen LogP contribution in [0.2, 0.25) is 0 Å². The molecule has 3 nitrogen and oxygen atoms in total. The van der Waals surface area contributed by atoms with Crippen molar-refractivity contribution in [2.75, 3.05) is 0 Å². The molecule has 2 aromatic rings. The van der Waals surface area contributed by atoms with Crippen LogP contribution in [-0.2, 0) is 0 Å². The number of aryl methyl sites for hydroxylation is 1. The number of thiocyanates is 1. The summed E-state index contributed by atoms with van der Waals surface area (Å²) in [6.07, 6.45) is 0. The Balaban J connectivity index is 2.54. The SMILES string of the molecule is Cc1cc(-c2ccccc2)cc(SC#N)[n+]1[O-]. The Hall–Kier alpha value is -1.99. The highest BCUT2D eigenvalue weighted by Crippen LogP contribution is 2.23. The van der Waals surface area contributed by atoms with Gasteiger partial charge in [0.2, 0.25) is 0 Å². The zero-order valence-corrected chi connectivity index (χ0v) is 10.1. The zero-order chi connectivity index (χ0) is 12.3. The number of benzene rings is 1. The van der Waals surface area contributed by atoms with Crippen LogP contribution in [0, 0.1) is 22.8 Å². The zero-order valence-electron chi connectivity index (χ0n) is 9.25. The van der Waals surface area contributed by atoms with Gasteiger partial charge in [-0.25, -0.2) is 0 Å². The minimum absolute atomic E-state index is 0.409. The molecule has 0 atom stereocenters. The minimum Gasteiger partial charge on any atom is -0.618 e. The highest BCUT2D eigenvalue weighted by atomic mass is 32.2. The van der Waals surface area contributed by atoms with E-state index in [4.69, 9.17) is 5.26 Å². The molecule has 0 unspecified atom stereocenters. The van der Waals surface area contributed by atoms with E-state index in [2.05, 4.69) is 0 Å². The fourth-order valence-corrected chi connectivity index (χ4v) is 2.11. The highest BCUT2D eigenvalue weighted by molar-refractivity contribution is 8.03. The lowest BCUT2D eigenvalue weighted by molar-refractivity contribution is -0.651. The van der Waals surface area contributed by atoms with E-state index in [0.717, 1.165) is 27.6 Å². The van der Waals surface area contributed by atoms with E-state index in [1.54, 1.807) is 13.0 Å². The number of pyridine rings is 1. The Morgan fingerprint density at radius 1 is 1.18 bits per heavy atom. The van der Waals surface area contributed by atoms with E-state index >= 15 is 0 Å². The quantitative estimate of drug-likeness (QED) is 0.352. The summed E-state index contributed by atoms with van der Waals surface area (Å²) in [7, 11) is 0. The van der Waals surface area contributed by atoms with E-state index in [0.29, 0.717) is 10.7 Å². The molecule has 0 aliphatic heterocycles. The average Bonchev–Trinajstić information content (AvgIpc) is 2.36. The molecule has 0 aliphatic rings. The molecule has 0 saturated heterocycles. The summed E-state index contributed by atoms with van der Waals surface area (Å²) in [5, 5.41) is 22.7. The summed E-state index contributed by atoms with van der Waals surface area (Å²) in [6, 6.07) is 13.3. The van der Waals surface area contributed by atoms with Gasteiger partial charge in [-0.3, -0.25) is 0 Å². The first-order valence-electron chi connectivity index (χ1n) is 5.08.